The molecule has 0 saturated carbocycles. The first-order valence-electron chi connectivity index (χ1n) is 11.7. The molecule has 0 spiro atoms. The van der Waals surface area contributed by atoms with Crippen LogP contribution >= 0.6 is 0 Å². The first kappa shape index (κ1) is 24.5. The number of nitrogens with zero attached hydrogens (tertiary/aromatic N) is 1. The van der Waals surface area contributed by atoms with Gasteiger partial charge in [-0.1, -0.05) is 6.07 Å². The Morgan fingerprint density at radius 2 is 1.77 bits per heavy atom. The third-order valence-corrected chi connectivity index (χ3v) is 6.37. The number of likely N-dealkylation sites (N-methyl/N-ethyl adjacent to an activating group) is 1. The lowest BCUT2D eigenvalue weighted by molar-refractivity contribution is -0.151. The molecule has 0 bridgehead atoms. The van der Waals surface area contributed by atoms with E-state index < -0.39 is 6.03 Å². The molecule has 0 radical (unpaired) electrons. The van der Waals surface area contributed by atoms with Crippen LogP contribution in [0, 0.1) is 13.8 Å². The van der Waals surface area contributed by atoms with Crippen LogP contribution in [0.2, 0.25) is 0 Å². The van der Waals surface area contributed by atoms with Gasteiger partial charge in [0, 0.05) is 18.4 Å². The maximum atomic E-state index is 13.3. The summed E-state index contributed by atoms with van der Waals surface area (Å²) < 4.78 is 16.8. The number of methoxy groups -OCH3 is 1. The van der Waals surface area contributed by atoms with Gasteiger partial charge >= 0.3 is 12.0 Å². The molecule has 186 valence electrons. The van der Waals surface area contributed by atoms with Gasteiger partial charge in [-0.25, -0.2) is 4.79 Å². The molecule has 0 aromatic heterocycles. The van der Waals surface area contributed by atoms with Gasteiger partial charge in [-0.2, -0.15) is 0 Å². The summed E-state index contributed by atoms with van der Waals surface area (Å²) in [6.07, 6.45) is 0.872. The van der Waals surface area contributed by atoms with Gasteiger partial charge in [-0.3, -0.25) is 9.59 Å². The number of esters is 1. The highest BCUT2D eigenvalue weighted by Gasteiger charge is 2.39. The fourth-order valence-electron chi connectivity index (χ4n) is 4.71. The molecule has 0 aliphatic carbocycles. The Hall–Kier alpha value is -3.59. The van der Waals surface area contributed by atoms with Gasteiger partial charge < -0.3 is 29.7 Å². The summed E-state index contributed by atoms with van der Waals surface area (Å²) in [7, 11) is 3.10. The van der Waals surface area contributed by atoms with E-state index in [4.69, 9.17) is 14.2 Å². The molecular weight excluding hydrogens is 450 g/mol. The molecule has 9 heteroatoms. The number of benzene rings is 2. The summed E-state index contributed by atoms with van der Waals surface area (Å²) in [6, 6.07) is 10.2. The summed E-state index contributed by atoms with van der Waals surface area (Å²) in [4.78, 5) is 39.2. The average Bonchev–Trinajstić information content (AvgIpc) is 2.81. The standard InChI is InChI=1S/C26H31N3O6/c1-15-9-16(2)11-18(10-15)28-26(32)27-17-5-8-22-20(12-17)25(31)29(3)21-7-6-19(13-24(30)33-4)35-23(21)14-34-22/h5,8-12,19,21,23H,6-7,13-14H2,1-4H3,(H2,27,28,32)/t19-,21+,23-/m0/s1. The largest absolute Gasteiger partial charge is 0.490 e. The number of nitrogens with one attached hydrogen (secondary N) is 2. The second-order valence-corrected chi connectivity index (χ2v) is 9.12. The van der Waals surface area contributed by atoms with Gasteiger partial charge in [-0.05, 0) is 68.1 Å². The van der Waals surface area contributed by atoms with Crippen LogP contribution in [0.25, 0.3) is 0 Å². The second-order valence-electron chi connectivity index (χ2n) is 9.12. The number of aryl methyl sites for hydroxylation is 2. The molecule has 9 nitrogen and oxygen atoms in total. The summed E-state index contributed by atoms with van der Waals surface area (Å²) in [5.41, 5.74) is 3.64. The Labute approximate surface area is 204 Å². The maximum absolute atomic E-state index is 13.3. The van der Waals surface area contributed by atoms with E-state index in [9.17, 15) is 14.4 Å². The Kier molecular flexibility index (Phi) is 7.25. The van der Waals surface area contributed by atoms with Gasteiger partial charge in [0.05, 0.1) is 31.2 Å². The van der Waals surface area contributed by atoms with Gasteiger partial charge in [0.1, 0.15) is 18.5 Å². The summed E-state index contributed by atoms with van der Waals surface area (Å²) >= 11 is 0. The van der Waals surface area contributed by atoms with E-state index in [0.717, 1.165) is 11.1 Å². The van der Waals surface area contributed by atoms with Crippen molar-refractivity contribution in [3.05, 3.63) is 53.1 Å². The van der Waals surface area contributed by atoms with Crippen LogP contribution < -0.4 is 15.4 Å². The normalized spacial score (nSPS) is 21.5. The van der Waals surface area contributed by atoms with E-state index in [1.54, 1.807) is 30.1 Å². The topological polar surface area (TPSA) is 106 Å². The van der Waals surface area contributed by atoms with Crippen molar-refractivity contribution in [2.45, 2.75) is 51.4 Å². The number of carbonyl (C=O) groups excluding carboxylic acids is 3. The Balaban J connectivity index is 1.47. The van der Waals surface area contributed by atoms with Crippen LogP contribution in [0.1, 0.15) is 40.7 Å². The number of hydrogen-bond acceptors (Lipinski definition) is 6. The lowest BCUT2D eigenvalue weighted by Gasteiger charge is -2.42. The number of ether oxygens (including phenoxy) is 3. The van der Waals surface area contributed by atoms with E-state index >= 15 is 0 Å². The maximum Gasteiger partial charge on any atom is 0.323 e. The number of urea groups is 1. The minimum absolute atomic E-state index is 0.174. The minimum atomic E-state index is -0.403. The van der Waals surface area contributed by atoms with Gasteiger partial charge in [0.15, 0.2) is 0 Å². The zero-order chi connectivity index (χ0) is 25.1. The summed E-state index contributed by atoms with van der Waals surface area (Å²) in [5, 5.41) is 5.62. The third-order valence-electron chi connectivity index (χ3n) is 6.37. The SMILES string of the molecule is COC(=O)C[C@@H]1CC[C@@H]2[C@H](COc3ccc(NC(=O)Nc4cc(C)cc(C)c4)cc3C(=O)N2C)O1. The number of carbonyl (C=O) groups is 3. The van der Waals surface area contributed by atoms with Gasteiger partial charge in [-0.15, -0.1) is 0 Å². The molecular formula is C26H31N3O6. The highest BCUT2D eigenvalue weighted by atomic mass is 16.5. The molecule has 1 saturated heterocycles. The van der Waals surface area contributed by atoms with Crippen LogP contribution in [0.4, 0.5) is 16.2 Å². The number of anilines is 2. The Bertz CT molecular complexity index is 1110. The van der Waals surface area contributed by atoms with Gasteiger partial charge in [0.2, 0.25) is 0 Å². The van der Waals surface area contributed by atoms with E-state index in [-0.39, 0.29) is 43.2 Å². The predicted molar refractivity (Wildman–Crippen MR) is 131 cm³/mol. The van der Waals surface area contributed by atoms with Gasteiger partial charge in [0.25, 0.3) is 5.91 Å². The minimum Gasteiger partial charge on any atom is -0.490 e. The molecule has 35 heavy (non-hydrogen) atoms. The molecule has 1 fully saturated rings. The predicted octanol–water partition coefficient (Wildman–Crippen LogP) is 3.89. The third kappa shape index (κ3) is 5.74. The van der Waals surface area contributed by atoms with Crippen molar-refractivity contribution in [2.24, 2.45) is 0 Å². The van der Waals surface area contributed by atoms with E-state index in [2.05, 4.69) is 10.6 Å². The fraction of sp³-hybridized carbons (Fsp3) is 0.423. The number of amides is 3. The zero-order valence-corrected chi connectivity index (χ0v) is 20.4. The summed E-state index contributed by atoms with van der Waals surface area (Å²) in [5.74, 6) is -0.126. The molecule has 2 heterocycles. The van der Waals surface area contributed by atoms with E-state index in [1.165, 1.54) is 7.11 Å². The number of fused-ring (bicyclic) bond motifs is 2. The molecule has 2 aromatic carbocycles. The molecule has 2 aromatic rings. The summed E-state index contributed by atoms with van der Waals surface area (Å²) in [6.45, 7) is 4.18. The number of rotatable bonds is 4. The zero-order valence-electron chi connectivity index (χ0n) is 20.4. The molecule has 3 atom stereocenters. The highest BCUT2D eigenvalue weighted by molar-refractivity contribution is 6.02. The Morgan fingerprint density at radius 1 is 1.06 bits per heavy atom. The van der Waals surface area contributed by atoms with Crippen LogP contribution in [0.15, 0.2) is 36.4 Å². The average molecular weight is 482 g/mol. The Morgan fingerprint density at radius 3 is 2.49 bits per heavy atom. The smallest absolute Gasteiger partial charge is 0.323 e. The van der Waals surface area contributed by atoms with Crippen LogP contribution in [0.3, 0.4) is 0 Å². The van der Waals surface area contributed by atoms with E-state index in [0.29, 0.717) is 35.5 Å². The van der Waals surface area contributed by atoms with Crippen molar-refractivity contribution in [1.82, 2.24) is 4.90 Å². The van der Waals surface area contributed by atoms with Crippen molar-refractivity contribution < 1.29 is 28.6 Å². The lowest BCUT2D eigenvalue weighted by Crippen LogP contribution is -2.53. The highest BCUT2D eigenvalue weighted by Crippen LogP contribution is 2.32. The molecule has 2 aliphatic heterocycles. The molecule has 2 N–H and O–H groups in total. The first-order valence-corrected chi connectivity index (χ1v) is 11.7. The second kappa shape index (κ2) is 10.4. The first-order chi connectivity index (χ1) is 16.7. The van der Waals surface area contributed by atoms with Crippen LogP contribution in [-0.2, 0) is 14.3 Å². The molecule has 4 rings (SSSR count). The van der Waals surface area contributed by atoms with Crippen molar-refractivity contribution >= 4 is 29.3 Å². The number of hydrogen-bond donors (Lipinski definition) is 2. The lowest BCUT2D eigenvalue weighted by atomic mass is 9.94. The fourth-order valence-corrected chi connectivity index (χ4v) is 4.71. The van der Waals surface area contributed by atoms with Crippen molar-refractivity contribution in [3.8, 4) is 5.75 Å². The van der Waals surface area contributed by atoms with Crippen LogP contribution in [-0.4, -0.2) is 61.8 Å². The van der Waals surface area contributed by atoms with E-state index in [1.807, 2.05) is 32.0 Å². The monoisotopic (exact) mass is 481 g/mol. The molecule has 2 aliphatic rings. The van der Waals surface area contributed by atoms with Crippen LogP contribution in [0.5, 0.6) is 5.75 Å². The van der Waals surface area contributed by atoms with Crippen molar-refractivity contribution in [2.75, 3.05) is 31.4 Å². The quantitative estimate of drug-likeness (QED) is 0.642. The van der Waals surface area contributed by atoms with Crippen molar-refractivity contribution in [1.29, 1.82) is 0 Å². The molecule has 3 amide bonds. The molecule has 0 unspecified atom stereocenters. The van der Waals surface area contributed by atoms with Crippen molar-refractivity contribution in [3.63, 3.8) is 0 Å².